The van der Waals surface area contributed by atoms with Crippen LogP contribution in [0.2, 0.25) is 0 Å². The molecule has 0 saturated carbocycles. The van der Waals surface area contributed by atoms with Crippen LogP contribution in [0.3, 0.4) is 0 Å². The third-order valence-corrected chi connectivity index (χ3v) is 3.85. The van der Waals surface area contributed by atoms with Gasteiger partial charge in [-0.1, -0.05) is 42.5 Å². The van der Waals surface area contributed by atoms with Gasteiger partial charge in [0.25, 0.3) is 0 Å². The van der Waals surface area contributed by atoms with E-state index in [4.69, 9.17) is 0 Å². The van der Waals surface area contributed by atoms with Crippen molar-refractivity contribution in [2.24, 2.45) is 0 Å². The smallest absolute Gasteiger partial charge is 0.0922 e. The molecule has 1 heterocycles. The van der Waals surface area contributed by atoms with E-state index in [1.165, 1.54) is 16.8 Å². The van der Waals surface area contributed by atoms with Gasteiger partial charge in [-0.15, -0.1) is 0 Å². The lowest BCUT2D eigenvalue weighted by atomic mass is 10.0. The first-order chi connectivity index (χ1) is 10.8. The largest absolute Gasteiger partial charge is 0.366 e. The molecule has 0 unspecified atom stereocenters. The van der Waals surface area contributed by atoms with Crippen LogP contribution in [0.25, 0.3) is 0 Å². The van der Waals surface area contributed by atoms with Crippen molar-refractivity contribution in [2.45, 2.75) is 19.9 Å². The molecule has 1 aromatic heterocycles. The van der Waals surface area contributed by atoms with Crippen molar-refractivity contribution in [2.75, 3.05) is 11.4 Å². The molecular weight excluding hydrogens is 270 g/mol. The molecule has 0 radical (unpaired) electrons. The summed E-state index contributed by atoms with van der Waals surface area (Å²) < 4.78 is 0. The van der Waals surface area contributed by atoms with Crippen LogP contribution in [0, 0.1) is 0 Å². The summed E-state index contributed by atoms with van der Waals surface area (Å²) in [6.45, 7) is 4.00. The van der Waals surface area contributed by atoms with Crippen LogP contribution in [0.1, 0.15) is 23.7 Å². The monoisotopic (exact) mass is 291 g/mol. The molecule has 0 amide bonds. The fraction of sp³-hybridized carbons (Fsp3) is 0.211. The number of anilines is 1. The second-order valence-corrected chi connectivity index (χ2v) is 5.42. The Morgan fingerprint density at radius 1 is 0.955 bits per heavy atom. The van der Waals surface area contributed by atoms with Crippen molar-refractivity contribution in [1.82, 2.24) is 9.97 Å². The van der Waals surface area contributed by atoms with E-state index in [9.17, 15) is 0 Å². The average Bonchev–Trinajstić information content (AvgIpc) is 3.08. The van der Waals surface area contributed by atoms with E-state index in [-0.39, 0.29) is 0 Å². The predicted octanol–water partition coefficient (Wildman–Crippen LogP) is 4.03. The summed E-state index contributed by atoms with van der Waals surface area (Å²) in [5.41, 5.74) is 5.07. The molecule has 0 spiro atoms. The highest BCUT2D eigenvalue weighted by Gasteiger charge is 2.06. The SMILES string of the molecule is CCN(Cc1cnc[nH]1)c1ccc(Cc2ccccc2)cc1. The van der Waals surface area contributed by atoms with E-state index in [0.29, 0.717) is 0 Å². The van der Waals surface area contributed by atoms with E-state index in [1.54, 1.807) is 6.33 Å². The number of nitrogens with one attached hydrogen (secondary N) is 1. The Labute approximate surface area is 131 Å². The average molecular weight is 291 g/mol. The highest BCUT2D eigenvalue weighted by atomic mass is 15.1. The maximum absolute atomic E-state index is 4.08. The lowest BCUT2D eigenvalue weighted by Crippen LogP contribution is -2.22. The molecule has 3 rings (SSSR count). The Hall–Kier alpha value is -2.55. The number of nitrogens with zero attached hydrogens (tertiary/aromatic N) is 2. The Balaban J connectivity index is 1.69. The van der Waals surface area contributed by atoms with Crippen molar-refractivity contribution in [3.05, 3.63) is 83.9 Å². The van der Waals surface area contributed by atoms with Gasteiger partial charge in [-0.25, -0.2) is 4.98 Å². The minimum absolute atomic E-state index is 0.856. The van der Waals surface area contributed by atoms with E-state index >= 15 is 0 Å². The first-order valence-electron chi connectivity index (χ1n) is 7.70. The molecule has 2 aromatic carbocycles. The third-order valence-electron chi connectivity index (χ3n) is 3.85. The minimum Gasteiger partial charge on any atom is -0.366 e. The number of hydrogen-bond donors (Lipinski definition) is 1. The maximum atomic E-state index is 4.08. The molecule has 0 bridgehead atoms. The first-order valence-corrected chi connectivity index (χ1v) is 7.70. The number of benzene rings is 2. The van der Waals surface area contributed by atoms with E-state index in [2.05, 4.69) is 76.4 Å². The molecule has 0 saturated heterocycles. The third kappa shape index (κ3) is 3.55. The molecule has 0 aliphatic rings. The second kappa shape index (κ2) is 6.94. The van der Waals surface area contributed by atoms with Crippen molar-refractivity contribution in [3.8, 4) is 0 Å². The van der Waals surface area contributed by atoms with E-state index in [0.717, 1.165) is 25.2 Å². The van der Waals surface area contributed by atoms with Crippen molar-refractivity contribution in [1.29, 1.82) is 0 Å². The van der Waals surface area contributed by atoms with Crippen LogP contribution in [-0.4, -0.2) is 16.5 Å². The number of hydrogen-bond acceptors (Lipinski definition) is 2. The van der Waals surface area contributed by atoms with Crippen LogP contribution >= 0.6 is 0 Å². The van der Waals surface area contributed by atoms with Gasteiger partial charge in [-0.3, -0.25) is 0 Å². The van der Waals surface area contributed by atoms with Crippen LogP contribution in [-0.2, 0) is 13.0 Å². The lowest BCUT2D eigenvalue weighted by molar-refractivity contribution is 0.814. The Kier molecular flexibility index (Phi) is 4.54. The quantitative estimate of drug-likeness (QED) is 0.743. The zero-order valence-corrected chi connectivity index (χ0v) is 12.9. The Morgan fingerprint density at radius 2 is 1.68 bits per heavy atom. The van der Waals surface area contributed by atoms with Gasteiger partial charge in [0.15, 0.2) is 0 Å². The van der Waals surface area contributed by atoms with Gasteiger partial charge in [0, 0.05) is 18.4 Å². The number of rotatable bonds is 6. The summed E-state index contributed by atoms with van der Waals surface area (Å²) in [6.07, 6.45) is 4.59. The summed E-state index contributed by atoms with van der Waals surface area (Å²) in [7, 11) is 0. The second-order valence-electron chi connectivity index (χ2n) is 5.42. The number of aromatic nitrogens is 2. The highest BCUT2D eigenvalue weighted by molar-refractivity contribution is 5.48. The Bertz CT molecular complexity index is 672. The summed E-state index contributed by atoms with van der Waals surface area (Å²) in [5.74, 6) is 0. The van der Waals surface area contributed by atoms with Crippen molar-refractivity contribution >= 4 is 5.69 Å². The molecule has 0 aliphatic carbocycles. The molecule has 1 N–H and O–H groups in total. The van der Waals surface area contributed by atoms with E-state index < -0.39 is 0 Å². The van der Waals surface area contributed by atoms with Crippen LogP contribution in [0.4, 0.5) is 5.69 Å². The van der Waals surface area contributed by atoms with Crippen molar-refractivity contribution < 1.29 is 0 Å². The van der Waals surface area contributed by atoms with Gasteiger partial charge < -0.3 is 9.88 Å². The summed E-state index contributed by atoms with van der Waals surface area (Å²) in [4.78, 5) is 9.58. The summed E-state index contributed by atoms with van der Waals surface area (Å²) >= 11 is 0. The van der Waals surface area contributed by atoms with Crippen LogP contribution in [0.5, 0.6) is 0 Å². The molecule has 3 heteroatoms. The highest BCUT2D eigenvalue weighted by Crippen LogP contribution is 2.19. The molecule has 0 fully saturated rings. The van der Waals surface area contributed by atoms with E-state index in [1.807, 2.05) is 6.20 Å². The minimum atomic E-state index is 0.856. The Morgan fingerprint density at radius 3 is 2.32 bits per heavy atom. The number of aromatic amines is 1. The fourth-order valence-corrected chi connectivity index (χ4v) is 2.62. The molecule has 3 aromatic rings. The number of H-pyrrole nitrogens is 1. The normalized spacial score (nSPS) is 10.6. The van der Waals surface area contributed by atoms with Gasteiger partial charge in [0.2, 0.25) is 0 Å². The number of imidazole rings is 1. The van der Waals surface area contributed by atoms with Crippen LogP contribution < -0.4 is 4.90 Å². The summed E-state index contributed by atoms with van der Waals surface area (Å²) in [6, 6.07) is 19.4. The van der Waals surface area contributed by atoms with Gasteiger partial charge in [0.1, 0.15) is 0 Å². The maximum Gasteiger partial charge on any atom is 0.0922 e. The van der Waals surface area contributed by atoms with Gasteiger partial charge in [-0.2, -0.15) is 0 Å². The standard InChI is InChI=1S/C19H21N3/c1-2-22(14-18-13-20-15-21-18)19-10-8-17(9-11-19)12-16-6-4-3-5-7-16/h3-11,13,15H,2,12,14H2,1H3,(H,20,21). The molecule has 0 aliphatic heterocycles. The molecule has 3 nitrogen and oxygen atoms in total. The lowest BCUT2D eigenvalue weighted by Gasteiger charge is -2.22. The molecule has 22 heavy (non-hydrogen) atoms. The molecular formula is C19H21N3. The molecule has 112 valence electrons. The van der Waals surface area contributed by atoms with Gasteiger partial charge in [0.05, 0.1) is 18.6 Å². The zero-order chi connectivity index (χ0) is 15.2. The fourth-order valence-electron chi connectivity index (χ4n) is 2.62. The zero-order valence-electron chi connectivity index (χ0n) is 12.9. The summed E-state index contributed by atoms with van der Waals surface area (Å²) in [5, 5.41) is 0. The van der Waals surface area contributed by atoms with Crippen molar-refractivity contribution in [3.63, 3.8) is 0 Å². The van der Waals surface area contributed by atoms with Crippen LogP contribution in [0.15, 0.2) is 67.1 Å². The molecule has 0 atom stereocenters. The predicted molar refractivity (Wildman–Crippen MR) is 91.0 cm³/mol. The first kappa shape index (κ1) is 14.4. The topological polar surface area (TPSA) is 31.9 Å². The van der Waals surface area contributed by atoms with Gasteiger partial charge >= 0.3 is 0 Å². The van der Waals surface area contributed by atoms with Gasteiger partial charge in [-0.05, 0) is 36.6 Å².